The molecule has 8 heteroatoms. The number of carbonyl (C=O) groups excluding carboxylic acids is 2. The van der Waals surface area contributed by atoms with Crippen LogP contribution >= 0.6 is 0 Å². The second kappa shape index (κ2) is 10.1. The summed E-state index contributed by atoms with van der Waals surface area (Å²) in [4.78, 5) is 24.0. The van der Waals surface area contributed by atoms with Crippen molar-refractivity contribution in [3.63, 3.8) is 0 Å². The Morgan fingerprint density at radius 1 is 1.24 bits per heavy atom. The minimum absolute atomic E-state index is 0.0900. The van der Waals surface area contributed by atoms with E-state index < -0.39 is 29.8 Å². The molecule has 2 rings (SSSR count). The fraction of sp³-hybridized carbons (Fsp3) is 0.476. The number of nitrogens with zero attached hydrogens (tertiary/aromatic N) is 2. The van der Waals surface area contributed by atoms with Crippen molar-refractivity contribution < 1.29 is 24.2 Å². The molecule has 0 saturated carbocycles. The topological polar surface area (TPSA) is 103 Å². The van der Waals surface area contributed by atoms with Crippen LogP contribution in [0.3, 0.4) is 0 Å². The van der Waals surface area contributed by atoms with Crippen LogP contribution < -0.4 is 5.32 Å². The first-order chi connectivity index (χ1) is 13.7. The number of alkyl carbamates (subject to hydrolysis) is 1. The highest BCUT2D eigenvalue weighted by Gasteiger charge is 2.26. The Morgan fingerprint density at radius 2 is 1.93 bits per heavy atom. The minimum atomic E-state index is -0.960. The van der Waals surface area contributed by atoms with Gasteiger partial charge in [0.15, 0.2) is 0 Å². The fourth-order valence-electron chi connectivity index (χ4n) is 2.71. The number of aliphatic hydroxyl groups is 1. The molecular formula is C21H29N3O5. The number of aliphatic hydroxyl groups excluding tert-OH is 1. The van der Waals surface area contributed by atoms with Gasteiger partial charge >= 0.3 is 12.1 Å². The first kappa shape index (κ1) is 22.4. The smallest absolute Gasteiger partial charge is 0.407 e. The van der Waals surface area contributed by atoms with Crippen LogP contribution in [0.1, 0.15) is 43.6 Å². The quantitative estimate of drug-likeness (QED) is 0.657. The number of nitrogens with one attached hydrogen (secondary N) is 1. The number of hydrogen-bond donors (Lipinski definition) is 2. The van der Waals surface area contributed by atoms with E-state index in [1.165, 1.54) is 17.1 Å². The van der Waals surface area contributed by atoms with Crippen LogP contribution in [0.25, 0.3) is 0 Å². The van der Waals surface area contributed by atoms with Crippen molar-refractivity contribution in [2.24, 2.45) is 0 Å². The molecule has 2 N–H and O–H groups in total. The second-order valence-corrected chi connectivity index (χ2v) is 7.68. The summed E-state index contributed by atoms with van der Waals surface area (Å²) in [7, 11) is 0. The SMILES string of the molecule is CCOC(=O)c1cnn(C[C@H](O)[C@H](Cc2ccccc2)NC(=O)OC(C)(C)C)c1. The number of rotatable bonds is 8. The van der Waals surface area contributed by atoms with E-state index >= 15 is 0 Å². The highest BCUT2D eigenvalue weighted by Crippen LogP contribution is 2.12. The zero-order valence-corrected chi connectivity index (χ0v) is 17.3. The standard InChI is InChI=1S/C21H29N3O5/c1-5-28-19(26)16-12-22-24(13-16)14-18(25)17(11-15-9-7-6-8-10-15)23-20(27)29-21(2,3)4/h6-10,12-13,17-18,25H,5,11,14H2,1-4H3,(H,23,27)/t17-,18-/m0/s1. The predicted molar refractivity (Wildman–Crippen MR) is 107 cm³/mol. The summed E-state index contributed by atoms with van der Waals surface area (Å²) in [6.45, 7) is 7.41. The molecule has 0 bridgehead atoms. The molecule has 0 aliphatic rings. The van der Waals surface area contributed by atoms with Gasteiger partial charge in [-0.2, -0.15) is 5.10 Å². The Labute approximate surface area is 170 Å². The average Bonchev–Trinajstić information content (AvgIpc) is 3.09. The fourth-order valence-corrected chi connectivity index (χ4v) is 2.71. The molecule has 158 valence electrons. The Balaban J connectivity index is 2.10. The summed E-state index contributed by atoms with van der Waals surface area (Å²) in [5.41, 5.74) is 0.613. The van der Waals surface area contributed by atoms with Gasteiger partial charge in [-0.05, 0) is 39.7 Å². The van der Waals surface area contributed by atoms with Gasteiger partial charge in [-0.25, -0.2) is 9.59 Å². The van der Waals surface area contributed by atoms with Crippen LogP contribution in [-0.2, 0) is 22.4 Å². The van der Waals surface area contributed by atoms with E-state index in [9.17, 15) is 14.7 Å². The Kier molecular flexibility index (Phi) is 7.78. The normalized spacial score (nSPS) is 13.4. The first-order valence-corrected chi connectivity index (χ1v) is 9.59. The molecule has 29 heavy (non-hydrogen) atoms. The summed E-state index contributed by atoms with van der Waals surface area (Å²) < 4.78 is 11.7. The molecule has 0 aliphatic heterocycles. The molecule has 8 nitrogen and oxygen atoms in total. The molecule has 2 aromatic rings. The summed E-state index contributed by atoms with van der Waals surface area (Å²) in [5, 5.41) is 17.6. The molecular weight excluding hydrogens is 374 g/mol. The van der Waals surface area contributed by atoms with Crippen LogP contribution in [0, 0.1) is 0 Å². The van der Waals surface area contributed by atoms with E-state index in [1.54, 1.807) is 27.7 Å². The van der Waals surface area contributed by atoms with Crippen molar-refractivity contribution >= 4 is 12.1 Å². The van der Waals surface area contributed by atoms with Crippen molar-refractivity contribution in [1.29, 1.82) is 0 Å². The maximum atomic E-state index is 12.3. The van der Waals surface area contributed by atoms with Gasteiger partial charge in [-0.3, -0.25) is 4.68 Å². The van der Waals surface area contributed by atoms with E-state index in [2.05, 4.69) is 10.4 Å². The van der Waals surface area contributed by atoms with Gasteiger partial charge in [0.25, 0.3) is 0 Å². The zero-order valence-electron chi connectivity index (χ0n) is 17.3. The molecule has 0 saturated heterocycles. The van der Waals surface area contributed by atoms with E-state index in [0.717, 1.165) is 5.56 Å². The van der Waals surface area contributed by atoms with Crippen molar-refractivity contribution in [2.45, 2.75) is 58.4 Å². The number of carbonyl (C=O) groups is 2. The van der Waals surface area contributed by atoms with Crippen LogP contribution in [0.2, 0.25) is 0 Å². The molecule has 0 spiro atoms. The highest BCUT2D eigenvalue weighted by molar-refractivity contribution is 5.88. The third-order valence-electron chi connectivity index (χ3n) is 3.98. The molecule has 1 aromatic heterocycles. The summed E-state index contributed by atoms with van der Waals surface area (Å²) >= 11 is 0. The lowest BCUT2D eigenvalue weighted by Gasteiger charge is -2.27. The van der Waals surface area contributed by atoms with Gasteiger partial charge in [-0.1, -0.05) is 30.3 Å². The van der Waals surface area contributed by atoms with Crippen molar-refractivity contribution in [3.8, 4) is 0 Å². The second-order valence-electron chi connectivity index (χ2n) is 7.68. The molecule has 0 radical (unpaired) electrons. The summed E-state index contributed by atoms with van der Waals surface area (Å²) in [6.07, 6.45) is 1.74. The van der Waals surface area contributed by atoms with Gasteiger partial charge in [0, 0.05) is 6.20 Å². The first-order valence-electron chi connectivity index (χ1n) is 9.59. The van der Waals surface area contributed by atoms with Crippen LogP contribution in [0.15, 0.2) is 42.7 Å². The van der Waals surface area contributed by atoms with Crippen molar-refractivity contribution in [1.82, 2.24) is 15.1 Å². The molecule has 2 atom stereocenters. The van der Waals surface area contributed by atoms with Crippen LogP contribution in [0.4, 0.5) is 4.79 Å². The maximum absolute atomic E-state index is 12.3. The van der Waals surface area contributed by atoms with Crippen molar-refractivity contribution in [2.75, 3.05) is 6.61 Å². The Morgan fingerprint density at radius 3 is 2.55 bits per heavy atom. The van der Waals surface area contributed by atoms with Gasteiger partial charge in [-0.15, -0.1) is 0 Å². The molecule has 1 heterocycles. The maximum Gasteiger partial charge on any atom is 0.407 e. The number of esters is 1. The number of ether oxygens (including phenoxy) is 2. The molecule has 0 fully saturated rings. The van der Waals surface area contributed by atoms with Gasteiger partial charge in [0.05, 0.1) is 37.1 Å². The number of hydrogen-bond acceptors (Lipinski definition) is 6. The van der Waals surface area contributed by atoms with E-state index in [1.807, 2.05) is 30.3 Å². The lowest BCUT2D eigenvalue weighted by molar-refractivity contribution is 0.0398. The molecule has 1 aromatic carbocycles. The van der Waals surface area contributed by atoms with Gasteiger partial charge in [0.1, 0.15) is 5.60 Å². The number of benzene rings is 1. The minimum Gasteiger partial charge on any atom is -0.462 e. The van der Waals surface area contributed by atoms with Crippen molar-refractivity contribution in [3.05, 3.63) is 53.9 Å². The lowest BCUT2D eigenvalue weighted by Crippen LogP contribution is -2.48. The summed E-state index contributed by atoms with van der Waals surface area (Å²) in [6, 6.07) is 8.92. The van der Waals surface area contributed by atoms with E-state index in [0.29, 0.717) is 12.0 Å². The number of amides is 1. The highest BCUT2D eigenvalue weighted by atomic mass is 16.6. The Bertz CT molecular complexity index is 798. The third-order valence-corrected chi connectivity index (χ3v) is 3.98. The average molecular weight is 403 g/mol. The predicted octanol–water partition coefficient (Wildman–Crippen LogP) is 2.56. The monoisotopic (exact) mass is 403 g/mol. The molecule has 0 aliphatic carbocycles. The zero-order chi connectivity index (χ0) is 21.4. The third kappa shape index (κ3) is 7.57. The van der Waals surface area contributed by atoms with Crippen LogP contribution in [-0.4, -0.2) is 51.3 Å². The summed E-state index contributed by atoms with van der Waals surface area (Å²) in [5.74, 6) is -0.471. The lowest BCUT2D eigenvalue weighted by atomic mass is 10.0. The molecule has 0 unspecified atom stereocenters. The van der Waals surface area contributed by atoms with Gasteiger partial charge in [0.2, 0.25) is 0 Å². The number of aromatic nitrogens is 2. The van der Waals surface area contributed by atoms with E-state index in [4.69, 9.17) is 9.47 Å². The van der Waals surface area contributed by atoms with E-state index in [-0.39, 0.29) is 13.2 Å². The van der Waals surface area contributed by atoms with Gasteiger partial charge < -0.3 is 19.9 Å². The largest absolute Gasteiger partial charge is 0.462 e. The molecule has 1 amide bonds. The van der Waals surface area contributed by atoms with Crippen LogP contribution in [0.5, 0.6) is 0 Å². The Hall–Kier alpha value is -2.87.